The summed E-state index contributed by atoms with van der Waals surface area (Å²) in [5.74, 6) is -1.15. The minimum absolute atomic E-state index is 0.0277. The van der Waals surface area contributed by atoms with Crippen LogP contribution < -0.4 is 5.32 Å². The van der Waals surface area contributed by atoms with Gasteiger partial charge in [0.2, 0.25) is 5.91 Å². The quantitative estimate of drug-likeness (QED) is 0.792. The molecule has 1 fully saturated rings. The molecule has 8 heteroatoms. The number of nitrogens with one attached hydrogen (secondary N) is 1. The lowest BCUT2D eigenvalue weighted by atomic mass is 10.00. The van der Waals surface area contributed by atoms with Crippen molar-refractivity contribution in [1.29, 1.82) is 0 Å². The van der Waals surface area contributed by atoms with Gasteiger partial charge in [-0.3, -0.25) is 9.78 Å². The topological polar surface area (TPSA) is 72.7 Å². The first-order valence-corrected chi connectivity index (χ1v) is 7.69. The third-order valence-electron chi connectivity index (χ3n) is 4.18. The van der Waals surface area contributed by atoms with E-state index in [0.717, 1.165) is 0 Å². The molecule has 25 heavy (non-hydrogen) atoms. The van der Waals surface area contributed by atoms with Gasteiger partial charge in [-0.15, -0.1) is 5.10 Å². The van der Waals surface area contributed by atoms with Crippen molar-refractivity contribution in [3.63, 3.8) is 0 Å². The maximum Gasteiger partial charge on any atom is 0.237 e. The van der Waals surface area contributed by atoms with E-state index in [9.17, 15) is 13.6 Å². The van der Waals surface area contributed by atoms with Crippen LogP contribution in [-0.4, -0.2) is 25.7 Å². The Morgan fingerprint density at radius 2 is 1.80 bits per heavy atom. The number of halogens is 2. The average molecular weight is 341 g/mol. The summed E-state index contributed by atoms with van der Waals surface area (Å²) in [6.45, 7) is 0. The van der Waals surface area contributed by atoms with Crippen molar-refractivity contribution in [2.24, 2.45) is 0 Å². The molecule has 3 heterocycles. The maximum absolute atomic E-state index is 14.0. The van der Waals surface area contributed by atoms with Crippen LogP contribution in [0.3, 0.4) is 0 Å². The summed E-state index contributed by atoms with van der Waals surface area (Å²) in [7, 11) is 0. The molecule has 1 amide bonds. The van der Waals surface area contributed by atoms with Crippen molar-refractivity contribution < 1.29 is 13.6 Å². The molecule has 0 aliphatic heterocycles. The van der Waals surface area contributed by atoms with E-state index in [1.165, 1.54) is 53.6 Å². The van der Waals surface area contributed by atoms with Gasteiger partial charge in [0.15, 0.2) is 17.5 Å². The number of rotatable bonds is 4. The van der Waals surface area contributed by atoms with E-state index in [1.807, 2.05) is 0 Å². The molecule has 4 rings (SSSR count). The van der Waals surface area contributed by atoms with Crippen LogP contribution in [0.1, 0.15) is 18.5 Å². The molecule has 0 unspecified atom stereocenters. The Balaban J connectivity index is 1.57. The van der Waals surface area contributed by atoms with E-state index in [4.69, 9.17) is 0 Å². The average Bonchev–Trinajstić information content (AvgIpc) is 3.29. The van der Waals surface area contributed by atoms with Crippen LogP contribution in [0.4, 0.5) is 14.6 Å². The number of carbonyl (C=O) groups is 1. The first-order chi connectivity index (χ1) is 12.1. The van der Waals surface area contributed by atoms with E-state index in [-0.39, 0.29) is 23.2 Å². The Morgan fingerprint density at radius 3 is 2.48 bits per heavy atom. The fraction of sp³-hybridized carbons (Fsp3) is 0.176. The molecule has 3 aromatic rings. The highest BCUT2D eigenvalue weighted by atomic mass is 19.1. The molecule has 0 atom stereocenters. The number of carbonyl (C=O) groups excluding carboxylic acids is 1. The number of nitrogens with zero attached hydrogens (tertiary/aromatic N) is 4. The smallest absolute Gasteiger partial charge is 0.237 e. The van der Waals surface area contributed by atoms with Crippen LogP contribution in [0.5, 0.6) is 0 Å². The highest BCUT2D eigenvalue weighted by Gasteiger charge is 2.54. The Hall–Kier alpha value is -3.16. The van der Waals surface area contributed by atoms with Gasteiger partial charge in [-0.2, -0.15) is 0 Å². The Bertz CT molecular complexity index is 951. The van der Waals surface area contributed by atoms with Gasteiger partial charge in [-0.1, -0.05) is 0 Å². The molecule has 0 bridgehead atoms. The van der Waals surface area contributed by atoms with Gasteiger partial charge in [0.25, 0.3) is 0 Å². The number of hydrogen-bond donors (Lipinski definition) is 1. The molecule has 0 radical (unpaired) electrons. The molecule has 1 aliphatic rings. The molecule has 0 aromatic carbocycles. The van der Waals surface area contributed by atoms with Crippen molar-refractivity contribution >= 4 is 11.7 Å². The Labute approximate surface area is 141 Å². The van der Waals surface area contributed by atoms with Gasteiger partial charge in [-0.25, -0.2) is 18.4 Å². The Morgan fingerprint density at radius 1 is 1.08 bits per heavy atom. The molecule has 0 saturated heterocycles. The van der Waals surface area contributed by atoms with Gasteiger partial charge in [-0.05, 0) is 37.1 Å². The van der Waals surface area contributed by atoms with E-state index >= 15 is 0 Å². The number of aromatic nitrogens is 4. The fourth-order valence-electron chi connectivity index (χ4n) is 2.72. The zero-order valence-corrected chi connectivity index (χ0v) is 13.0. The van der Waals surface area contributed by atoms with Crippen molar-refractivity contribution in [2.75, 3.05) is 5.32 Å². The number of pyridine rings is 2. The van der Waals surface area contributed by atoms with Crippen molar-refractivity contribution in [1.82, 2.24) is 19.7 Å². The summed E-state index contributed by atoms with van der Waals surface area (Å²) in [6, 6.07) is 7.04. The van der Waals surface area contributed by atoms with Gasteiger partial charge in [0.1, 0.15) is 5.82 Å². The summed E-state index contributed by atoms with van der Waals surface area (Å²) in [6.07, 6.45) is 5.43. The van der Waals surface area contributed by atoms with E-state index in [1.54, 1.807) is 0 Å². The zero-order valence-electron chi connectivity index (χ0n) is 13.0. The van der Waals surface area contributed by atoms with Crippen LogP contribution in [0.2, 0.25) is 0 Å². The lowest BCUT2D eigenvalue weighted by Crippen LogP contribution is -2.29. The van der Waals surface area contributed by atoms with E-state index in [0.29, 0.717) is 12.8 Å². The predicted molar refractivity (Wildman–Crippen MR) is 85.1 cm³/mol. The summed E-state index contributed by atoms with van der Waals surface area (Å²) in [5.41, 5.74) is -0.826. The standard InChI is InChI=1S/C17H13F2N5O/c18-11-3-1-8-20-14(11)17(6-7-17)16(25)22-13-5-10-24(23-13)15-12(19)4-2-9-21-15/h1-5,8-10H,6-7H2,(H,22,23,25). The summed E-state index contributed by atoms with van der Waals surface area (Å²) < 4.78 is 29.0. The first kappa shape index (κ1) is 15.4. The largest absolute Gasteiger partial charge is 0.308 e. The molecule has 126 valence electrons. The molecule has 6 nitrogen and oxygen atoms in total. The monoisotopic (exact) mass is 341 g/mol. The second-order valence-corrected chi connectivity index (χ2v) is 5.82. The number of amides is 1. The lowest BCUT2D eigenvalue weighted by Gasteiger charge is -2.14. The molecule has 3 aromatic heterocycles. The normalized spacial score (nSPS) is 15.0. The third-order valence-corrected chi connectivity index (χ3v) is 4.18. The summed E-state index contributed by atoms with van der Waals surface area (Å²) in [4.78, 5) is 20.5. The van der Waals surface area contributed by atoms with E-state index < -0.39 is 17.0 Å². The predicted octanol–water partition coefficient (Wildman–Crippen LogP) is 2.61. The third kappa shape index (κ3) is 2.65. The number of hydrogen-bond acceptors (Lipinski definition) is 4. The molecular weight excluding hydrogens is 328 g/mol. The van der Waals surface area contributed by atoms with Crippen LogP contribution in [-0.2, 0) is 10.2 Å². The van der Waals surface area contributed by atoms with Gasteiger partial charge < -0.3 is 5.32 Å². The lowest BCUT2D eigenvalue weighted by molar-refractivity contribution is -0.118. The maximum atomic E-state index is 14.0. The van der Waals surface area contributed by atoms with Crippen LogP contribution >= 0.6 is 0 Å². The second kappa shape index (κ2) is 5.73. The second-order valence-electron chi connectivity index (χ2n) is 5.82. The summed E-state index contributed by atoms with van der Waals surface area (Å²) in [5, 5.41) is 6.76. The molecular formula is C17H13F2N5O. The summed E-state index contributed by atoms with van der Waals surface area (Å²) >= 11 is 0. The van der Waals surface area contributed by atoms with Crippen molar-refractivity contribution in [3.05, 3.63) is 66.3 Å². The highest BCUT2D eigenvalue weighted by molar-refractivity contribution is 6.00. The molecule has 0 spiro atoms. The van der Waals surface area contributed by atoms with Crippen LogP contribution in [0.25, 0.3) is 5.82 Å². The molecule has 1 saturated carbocycles. The van der Waals surface area contributed by atoms with Gasteiger partial charge in [0.05, 0.1) is 11.1 Å². The fourth-order valence-corrected chi connectivity index (χ4v) is 2.72. The molecule has 1 N–H and O–H groups in total. The van der Waals surface area contributed by atoms with E-state index in [2.05, 4.69) is 20.4 Å². The zero-order chi connectivity index (χ0) is 17.4. The SMILES string of the molecule is O=C(Nc1ccn(-c2ncccc2F)n1)C1(c2ncccc2F)CC1. The molecule has 1 aliphatic carbocycles. The van der Waals surface area contributed by atoms with Crippen molar-refractivity contribution in [2.45, 2.75) is 18.3 Å². The van der Waals surface area contributed by atoms with Crippen molar-refractivity contribution in [3.8, 4) is 5.82 Å². The highest BCUT2D eigenvalue weighted by Crippen LogP contribution is 2.48. The minimum Gasteiger partial charge on any atom is -0.308 e. The number of anilines is 1. The van der Waals surface area contributed by atoms with Crippen LogP contribution in [0.15, 0.2) is 48.9 Å². The van der Waals surface area contributed by atoms with Gasteiger partial charge >= 0.3 is 0 Å². The minimum atomic E-state index is -0.967. The van der Waals surface area contributed by atoms with Crippen LogP contribution in [0, 0.1) is 11.6 Å². The van der Waals surface area contributed by atoms with Gasteiger partial charge in [0, 0.05) is 24.7 Å². The first-order valence-electron chi connectivity index (χ1n) is 7.69. The Kier molecular flexibility index (Phi) is 3.52.